The van der Waals surface area contributed by atoms with Gasteiger partial charge in [-0.15, -0.1) is 0 Å². The second-order valence-corrected chi connectivity index (χ2v) is 4.86. The van der Waals surface area contributed by atoms with Gasteiger partial charge in [-0.25, -0.2) is 4.39 Å². The number of hydrogen-bond donors (Lipinski definition) is 0. The summed E-state index contributed by atoms with van der Waals surface area (Å²) in [5, 5.41) is 0. The van der Waals surface area contributed by atoms with Gasteiger partial charge >= 0.3 is 5.97 Å². The Balaban J connectivity index is 3.21. The van der Waals surface area contributed by atoms with Gasteiger partial charge in [0.05, 0.1) is 46.1 Å². The Morgan fingerprint density at radius 1 is 0.895 bits per heavy atom. The fourth-order valence-corrected chi connectivity index (χ4v) is 1.14. The highest BCUT2D eigenvalue weighted by Crippen LogP contribution is 2.07. The summed E-state index contributed by atoms with van der Waals surface area (Å²) < 4.78 is 32.1. The predicted molar refractivity (Wildman–Crippen MR) is 68.9 cm³/mol. The molecule has 0 N–H and O–H groups in total. The second-order valence-electron chi connectivity index (χ2n) is 4.86. The Labute approximate surface area is 114 Å². The molecule has 0 fully saturated rings. The van der Waals surface area contributed by atoms with Gasteiger partial charge in [0, 0.05) is 0 Å². The fraction of sp³-hybridized carbons (Fsp3) is 0.923. The Morgan fingerprint density at radius 3 is 1.84 bits per heavy atom. The van der Waals surface area contributed by atoms with Crippen LogP contribution in [0, 0.1) is 0 Å². The lowest BCUT2D eigenvalue weighted by Gasteiger charge is -2.19. The summed E-state index contributed by atoms with van der Waals surface area (Å²) in [6.07, 6.45) is 0.233. The Kier molecular flexibility index (Phi) is 10.7. The summed E-state index contributed by atoms with van der Waals surface area (Å²) in [4.78, 5) is 11.3. The third-order valence-corrected chi connectivity index (χ3v) is 1.84. The maximum absolute atomic E-state index is 11.7. The quantitative estimate of drug-likeness (QED) is 0.426. The van der Waals surface area contributed by atoms with Crippen LogP contribution in [0.5, 0.6) is 0 Å². The number of alkyl halides is 1. The molecule has 0 atom stereocenters. The Morgan fingerprint density at radius 2 is 1.37 bits per heavy atom. The van der Waals surface area contributed by atoms with Gasteiger partial charge in [0.25, 0.3) is 0 Å². The first kappa shape index (κ1) is 18.3. The number of carbonyl (C=O) groups is 1. The van der Waals surface area contributed by atoms with E-state index in [0.29, 0.717) is 33.0 Å². The van der Waals surface area contributed by atoms with Gasteiger partial charge in [-0.3, -0.25) is 4.79 Å². The van der Waals surface area contributed by atoms with Crippen molar-refractivity contribution < 1.29 is 28.1 Å². The number of esters is 1. The molecule has 0 bridgehead atoms. The smallest absolute Gasteiger partial charge is 0.308 e. The molecule has 0 saturated heterocycles. The van der Waals surface area contributed by atoms with Crippen molar-refractivity contribution in [1.82, 2.24) is 0 Å². The zero-order chi connectivity index (χ0) is 14.6. The molecule has 0 aliphatic heterocycles. The summed E-state index contributed by atoms with van der Waals surface area (Å²) in [6.45, 7) is 7.04. The molecule has 0 aliphatic rings. The standard InChI is InChI=1S/C13H25FO5/c1-13(2,3)19-12(15)4-6-16-8-10-18-11-9-17-7-5-14/h4-11H2,1-3H3. The summed E-state index contributed by atoms with van der Waals surface area (Å²) in [5.74, 6) is -0.270. The van der Waals surface area contributed by atoms with E-state index in [9.17, 15) is 9.18 Å². The van der Waals surface area contributed by atoms with Crippen LogP contribution in [-0.4, -0.2) is 57.9 Å². The number of ether oxygens (including phenoxy) is 4. The normalized spacial score (nSPS) is 11.6. The van der Waals surface area contributed by atoms with Crippen molar-refractivity contribution >= 4 is 5.97 Å². The molecule has 0 spiro atoms. The van der Waals surface area contributed by atoms with Crippen LogP contribution in [-0.2, 0) is 23.7 Å². The molecular formula is C13H25FO5. The van der Waals surface area contributed by atoms with Gasteiger partial charge in [0.1, 0.15) is 12.3 Å². The van der Waals surface area contributed by atoms with Crippen LogP contribution in [0.1, 0.15) is 27.2 Å². The van der Waals surface area contributed by atoms with Crippen molar-refractivity contribution in [3.05, 3.63) is 0 Å². The van der Waals surface area contributed by atoms with Gasteiger partial charge in [-0.2, -0.15) is 0 Å². The molecule has 0 aromatic rings. The van der Waals surface area contributed by atoms with E-state index in [0.717, 1.165) is 0 Å². The van der Waals surface area contributed by atoms with E-state index in [1.165, 1.54) is 0 Å². The number of rotatable bonds is 11. The first-order valence-corrected chi connectivity index (χ1v) is 6.47. The van der Waals surface area contributed by atoms with E-state index in [1.807, 2.05) is 20.8 Å². The highest BCUT2D eigenvalue weighted by Gasteiger charge is 2.15. The maximum atomic E-state index is 11.7. The number of carbonyl (C=O) groups excluding carboxylic acids is 1. The topological polar surface area (TPSA) is 54.0 Å². The lowest BCUT2D eigenvalue weighted by molar-refractivity contribution is -0.156. The van der Waals surface area contributed by atoms with E-state index in [4.69, 9.17) is 18.9 Å². The van der Waals surface area contributed by atoms with E-state index >= 15 is 0 Å². The van der Waals surface area contributed by atoms with Crippen LogP contribution in [0.2, 0.25) is 0 Å². The van der Waals surface area contributed by atoms with Gasteiger partial charge in [-0.05, 0) is 20.8 Å². The van der Waals surface area contributed by atoms with Crippen LogP contribution in [0.3, 0.4) is 0 Å². The van der Waals surface area contributed by atoms with Crippen molar-refractivity contribution in [3.8, 4) is 0 Å². The van der Waals surface area contributed by atoms with E-state index in [2.05, 4.69) is 0 Å². The van der Waals surface area contributed by atoms with Crippen LogP contribution in [0.15, 0.2) is 0 Å². The van der Waals surface area contributed by atoms with Crippen LogP contribution < -0.4 is 0 Å². The predicted octanol–water partition coefficient (Wildman–Crippen LogP) is 1.74. The van der Waals surface area contributed by atoms with Crippen LogP contribution >= 0.6 is 0 Å². The molecule has 19 heavy (non-hydrogen) atoms. The highest BCUT2D eigenvalue weighted by molar-refractivity contribution is 5.69. The number of hydrogen-bond acceptors (Lipinski definition) is 5. The largest absolute Gasteiger partial charge is 0.460 e. The minimum atomic E-state index is -0.478. The molecule has 0 saturated carbocycles. The molecule has 0 aliphatic carbocycles. The average Bonchev–Trinajstić information content (AvgIpc) is 2.29. The zero-order valence-corrected chi connectivity index (χ0v) is 12.1. The molecule has 0 aromatic heterocycles. The van der Waals surface area contributed by atoms with Crippen LogP contribution in [0.4, 0.5) is 4.39 Å². The van der Waals surface area contributed by atoms with Crippen molar-refractivity contribution in [2.45, 2.75) is 32.8 Å². The SMILES string of the molecule is CC(C)(C)OC(=O)CCOCCOCCOCCF. The molecule has 0 rings (SSSR count). The van der Waals surface area contributed by atoms with Gasteiger partial charge in [0.15, 0.2) is 0 Å². The van der Waals surface area contributed by atoms with Crippen molar-refractivity contribution in [2.75, 3.05) is 46.3 Å². The molecule has 0 heterocycles. The van der Waals surface area contributed by atoms with E-state index in [1.54, 1.807) is 0 Å². The van der Waals surface area contributed by atoms with E-state index < -0.39 is 12.3 Å². The fourth-order valence-electron chi connectivity index (χ4n) is 1.14. The minimum Gasteiger partial charge on any atom is -0.460 e. The minimum absolute atomic E-state index is 0.107. The van der Waals surface area contributed by atoms with Crippen molar-refractivity contribution in [2.24, 2.45) is 0 Å². The monoisotopic (exact) mass is 280 g/mol. The molecule has 0 unspecified atom stereocenters. The molecular weight excluding hydrogens is 255 g/mol. The van der Waals surface area contributed by atoms with Crippen molar-refractivity contribution in [1.29, 1.82) is 0 Å². The zero-order valence-electron chi connectivity index (χ0n) is 12.1. The third-order valence-electron chi connectivity index (χ3n) is 1.84. The molecule has 0 radical (unpaired) electrons. The summed E-state index contributed by atoms with van der Waals surface area (Å²) >= 11 is 0. The van der Waals surface area contributed by atoms with E-state index in [-0.39, 0.29) is 19.0 Å². The summed E-state index contributed by atoms with van der Waals surface area (Å²) in [7, 11) is 0. The third kappa shape index (κ3) is 15.2. The molecule has 5 nitrogen and oxygen atoms in total. The molecule has 0 amide bonds. The molecule has 114 valence electrons. The van der Waals surface area contributed by atoms with Gasteiger partial charge in [-0.1, -0.05) is 0 Å². The maximum Gasteiger partial charge on any atom is 0.308 e. The Hall–Kier alpha value is -0.720. The van der Waals surface area contributed by atoms with Crippen molar-refractivity contribution in [3.63, 3.8) is 0 Å². The molecule has 0 aromatic carbocycles. The van der Waals surface area contributed by atoms with Crippen LogP contribution in [0.25, 0.3) is 0 Å². The summed E-state index contributed by atoms with van der Waals surface area (Å²) in [6, 6.07) is 0. The lowest BCUT2D eigenvalue weighted by atomic mass is 10.2. The number of halogens is 1. The first-order chi connectivity index (χ1) is 8.95. The summed E-state index contributed by atoms with van der Waals surface area (Å²) in [5.41, 5.74) is -0.459. The lowest BCUT2D eigenvalue weighted by Crippen LogP contribution is -2.24. The van der Waals surface area contributed by atoms with Gasteiger partial charge < -0.3 is 18.9 Å². The molecule has 6 heteroatoms. The average molecular weight is 280 g/mol. The second kappa shape index (κ2) is 11.1. The highest BCUT2D eigenvalue weighted by atomic mass is 19.1. The van der Waals surface area contributed by atoms with Gasteiger partial charge in [0.2, 0.25) is 0 Å². The Bertz CT molecular complexity index is 228. The first-order valence-electron chi connectivity index (χ1n) is 6.47.